The molecule has 4 nitrogen and oxygen atoms in total. The Hall–Kier alpha value is -2.17. The van der Waals surface area contributed by atoms with Crippen molar-refractivity contribution in [3.63, 3.8) is 0 Å². The topological polar surface area (TPSA) is 55.0 Å². The van der Waals surface area contributed by atoms with Gasteiger partial charge in [-0.25, -0.2) is 9.37 Å². The first kappa shape index (κ1) is 12.3. The summed E-state index contributed by atoms with van der Waals surface area (Å²) < 4.78 is 13.2. The molecule has 1 heterocycles. The van der Waals surface area contributed by atoms with E-state index in [9.17, 15) is 4.39 Å². The molecule has 2 rings (SSSR count). The van der Waals surface area contributed by atoms with Crippen LogP contribution in [0.4, 0.5) is 21.8 Å². The molecule has 5 heteroatoms. The molecule has 94 valence electrons. The number of nitrogens with zero attached hydrogens (tertiary/aromatic N) is 3. The van der Waals surface area contributed by atoms with Gasteiger partial charge in [0, 0.05) is 24.5 Å². The third-order valence-electron chi connectivity index (χ3n) is 2.68. The Balaban J connectivity index is 2.39. The van der Waals surface area contributed by atoms with Crippen molar-refractivity contribution in [1.82, 2.24) is 9.97 Å². The lowest BCUT2D eigenvalue weighted by Crippen LogP contribution is -2.13. The van der Waals surface area contributed by atoms with Crippen molar-refractivity contribution in [3.8, 4) is 0 Å². The maximum atomic E-state index is 13.2. The highest BCUT2D eigenvalue weighted by Crippen LogP contribution is 2.23. The Morgan fingerprint density at radius 3 is 2.72 bits per heavy atom. The van der Waals surface area contributed by atoms with E-state index >= 15 is 0 Å². The number of halogens is 1. The van der Waals surface area contributed by atoms with Crippen LogP contribution in [0.15, 0.2) is 30.3 Å². The minimum Gasteiger partial charge on any atom is -0.368 e. The first-order valence-electron chi connectivity index (χ1n) is 5.73. The van der Waals surface area contributed by atoms with Crippen molar-refractivity contribution < 1.29 is 4.39 Å². The van der Waals surface area contributed by atoms with E-state index in [-0.39, 0.29) is 11.8 Å². The molecule has 0 amide bonds. The number of aromatic nitrogens is 2. The van der Waals surface area contributed by atoms with Crippen molar-refractivity contribution in [2.75, 3.05) is 17.7 Å². The highest BCUT2D eigenvalue weighted by Gasteiger charge is 2.08. The molecule has 1 aromatic carbocycles. The highest BCUT2D eigenvalue weighted by molar-refractivity contribution is 5.60. The minimum atomic E-state index is -0.280. The van der Waals surface area contributed by atoms with E-state index in [2.05, 4.69) is 9.97 Å². The van der Waals surface area contributed by atoms with Gasteiger partial charge < -0.3 is 10.6 Å². The number of hydrogen-bond donors (Lipinski definition) is 1. The first-order valence-corrected chi connectivity index (χ1v) is 5.73. The lowest BCUT2D eigenvalue weighted by Gasteiger charge is -2.19. The molecular weight excluding hydrogens is 231 g/mol. The summed E-state index contributed by atoms with van der Waals surface area (Å²) in [4.78, 5) is 10.0. The fourth-order valence-corrected chi connectivity index (χ4v) is 1.67. The number of hydrogen-bond acceptors (Lipinski definition) is 4. The van der Waals surface area contributed by atoms with E-state index < -0.39 is 0 Å². The molecule has 0 atom stereocenters. The van der Waals surface area contributed by atoms with Crippen LogP contribution < -0.4 is 10.6 Å². The van der Waals surface area contributed by atoms with E-state index in [0.717, 1.165) is 17.8 Å². The average molecular weight is 246 g/mol. The SMILES string of the molecule is CCc1cc(N(C)c2cccc(F)c2)nc(N)n1. The Kier molecular flexibility index (Phi) is 3.41. The summed E-state index contributed by atoms with van der Waals surface area (Å²) >= 11 is 0. The van der Waals surface area contributed by atoms with Gasteiger partial charge in [-0.15, -0.1) is 0 Å². The van der Waals surface area contributed by atoms with Crippen LogP contribution in [0.25, 0.3) is 0 Å². The second-order valence-corrected chi connectivity index (χ2v) is 3.97. The zero-order valence-corrected chi connectivity index (χ0v) is 10.4. The van der Waals surface area contributed by atoms with Crippen molar-refractivity contribution in [1.29, 1.82) is 0 Å². The Morgan fingerprint density at radius 2 is 2.06 bits per heavy atom. The van der Waals surface area contributed by atoms with E-state index in [1.807, 2.05) is 26.1 Å². The Labute approximate surface area is 105 Å². The van der Waals surface area contributed by atoms with Gasteiger partial charge in [0.1, 0.15) is 11.6 Å². The van der Waals surface area contributed by atoms with Crippen LogP contribution in [0.3, 0.4) is 0 Å². The van der Waals surface area contributed by atoms with Gasteiger partial charge in [-0.1, -0.05) is 13.0 Å². The molecule has 0 spiro atoms. The first-order chi connectivity index (χ1) is 8.60. The van der Waals surface area contributed by atoms with Gasteiger partial charge in [0.2, 0.25) is 5.95 Å². The van der Waals surface area contributed by atoms with Crippen LogP contribution in [0.2, 0.25) is 0 Å². The summed E-state index contributed by atoms with van der Waals surface area (Å²) in [6.07, 6.45) is 0.775. The van der Waals surface area contributed by atoms with Gasteiger partial charge in [0.05, 0.1) is 0 Å². The van der Waals surface area contributed by atoms with Gasteiger partial charge in [-0.2, -0.15) is 4.98 Å². The lowest BCUT2D eigenvalue weighted by molar-refractivity contribution is 0.628. The molecule has 2 N–H and O–H groups in total. The largest absolute Gasteiger partial charge is 0.368 e. The van der Waals surface area contributed by atoms with Crippen LogP contribution >= 0.6 is 0 Å². The summed E-state index contributed by atoms with van der Waals surface area (Å²) in [5.74, 6) is 0.606. The van der Waals surface area contributed by atoms with Crippen molar-refractivity contribution in [2.45, 2.75) is 13.3 Å². The van der Waals surface area contributed by atoms with Crippen LogP contribution in [0, 0.1) is 5.82 Å². The van der Waals surface area contributed by atoms with E-state index in [0.29, 0.717) is 5.82 Å². The van der Waals surface area contributed by atoms with Gasteiger partial charge in [-0.05, 0) is 24.6 Å². The molecule has 0 aliphatic heterocycles. The third-order valence-corrected chi connectivity index (χ3v) is 2.68. The second kappa shape index (κ2) is 5.00. The molecule has 0 saturated heterocycles. The monoisotopic (exact) mass is 246 g/mol. The average Bonchev–Trinajstić information content (AvgIpc) is 2.37. The third kappa shape index (κ3) is 2.56. The molecule has 0 aliphatic rings. The van der Waals surface area contributed by atoms with E-state index in [1.54, 1.807) is 11.0 Å². The van der Waals surface area contributed by atoms with E-state index in [1.165, 1.54) is 12.1 Å². The molecular formula is C13H15FN4. The Morgan fingerprint density at radius 1 is 1.28 bits per heavy atom. The molecule has 18 heavy (non-hydrogen) atoms. The van der Waals surface area contributed by atoms with Crippen LogP contribution in [0.5, 0.6) is 0 Å². The summed E-state index contributed by atoms with van der Waals surface area (Å²) in [6, 6.07) is 8.17. The van der Waals surface area contributed by atoms with Gasteiger partial charge in [0.15, 0.2) is 0 Å². The second-order valence-electron chi connectivity index (χ2n) is 3.97. The number of nitrogens with two attached hydrogens (primary N) is 1. The summed E-state index contributed by atoms with van der Waals surface area (Å²) in [6.45, 7) is 1.99. The zero-order chi connectivity index (χ0) is 13.1. The van der Waals surface area contributed by atoms with Gasteiger partial charge in [0.25, 0.3) is 0 Å². The normalized spacial score (nSPS) is 10.4. The molecule has 0 unspecified atom stereocenters. The summed E-state index contributed by atoms with van der Waals surface area (Å²) in [5, 5.41) is 0. The fraction of sp³-hybridized carbons (Fsp3) is 0.231. The van der Waals surface area contributed by atoms with Gasteiger partial charge >= 0.3 is 0 Å². The maximum absolute atomic E-state index is 13.2. The number of rotatable bonds is 3. The van der Waals surface area contributed by atoms with Crippen molar-refractivity contribution in [2.24, 2.45) is 0 Å². The molecule has 2 aromatic rings. The Bertz CT molecular complexity index is 556. The fourth-order valence-electron chi connectivity index (χ4n) is 1.67. The van der Waals surface area contributed by atoms with Crippen molar-refractivity contribution in [3.05, 3.63) is 41.8 Å². The number of anilines is 3. The predicted molar refractivity (Wildman–Crippen MR) is 70.3 cm³/mol. The predicted octanol–water partition coefficient (Wildman–Crippen LogP) is 2.53. The smallest absolute Gasteiger partial charge is 0.222 e. The molecule has 1 aromatic heterocycles. The van der Waals surface area contributed by atoms with Crippen LogP contribution in [-0.2, 0) is 6.42 Å². The molecule has 0 bridgehead atoms. The number of nitrogen functional groups attached to an aromatic ring is 1. The molecule has 0 aliphatic carbocycles. The van der Waals surface area contributed by atoms with Gasteiger partial charge in [-0.3, -0.25) is 0 Å². The van der Waals surface area contributed by atoms with E-state index in [4.69, 9.17) is 5.73 Å². The molecule has 0 radical (unpaired) electrons. The quantitative estimate of drug-likeness (QED) is 0.904. The summed E-state index contributed by atoms with van der Waals surface area (Å²) in [5.41, 5.74) is 7.24. The lowest BCUT2D eigenvalue weighted by atomic mass is 10.2. The zero-order valence-electron chi connectivity index (χ0n) is 10.4. The van der Waals surface area contributed by atoms with Crippen LogP contribution in [0.1, 0.15) is 12.6 Å². The summed E-state index contributed by atoms with van der Waals surface area (Å²) in [7, 11) is 1.82. The molecule has 0 saturated carbocycles. The van der Waals surface area contributed by atoms with Crippen LogP contribution in [-0.4, -0.2) is 17.0 Å². The standard InChI is InChI=1S/C13H15FN4/c1-3-10-8-12(17-13(15)16-10)18(2)11-6-4-5-9(14)7-11/h4-8H,3H2,1-2H3,(H2,15,16,17). The van der Waals surface area contributed by atoms with Crippen molar-refractivity contribution >= 4 is 17.5 Å². The molecule has 0 fully saturated rings. The number of aryl methyl sites for hydroxylation is 1. The number of benzene rings is 1. The maximum Gasteiger partial charge on any atom is 0.222 e. The minimum absolute atomic E-state index is 0.229. The highest BCUT2D eigenvalue weighted by atomic mass is 19.1.